The molecule has 0 bridgehead atoms. The average Bonchev–Trinajstić information content (AvgIpc) is 2.85. The van der Waals surface area contributed by atoms with Gasteiger partial charge in [0.25, 0.3) is 10.0 Å². The fraction of sp³-hybridized carbons (Fsp3) is 0.250. The van der Waals surface area contributed by atoms with Gasteiger partial charge in [-0.3, -0.25) is 0 Å². The number of nitrogens with one attached hydrogen (secondary N) is 2. The van der Waals surface area contributed by atoms with Gasteiger partial charge in [-0.05, 0) is 0 Å². The molecule has 0 atom stereocenters. The number of sulfonamides is 1. The molecule has 16 heavy (non-hydrogen) atoms. The van der Waals surface area contributed by atoms with Gasteiger partial charge in [-0.2, -0.15) is 0 Å². The molecule has 8 heteroatoms. The van der Waals surface area contributed by atoms with Gasteiger partial charge in [-0.1, -0.05) is 0 Å². The maximum Gasteiger partial charge on any atom is 0.259 e. The first-order valence-corrected chi connectivity index (χ1v) is 6.02. The van der Waals surface area contributed by atoms with Gasteiger partial charge in [0.2, 0.25) is 0 Å². The van der Waals surface area contributed by atoms with E-state index in [9.17, 15) is 8.42 Å². The third-order valence-electron chi connectivity index (χ3n) is 1.94. The van der Waals surface area contributed by atoms with Crippen LogP contribution in [0.1, 0.15) is 5.82 Å². The molecule has 0 unspecified atom stereocenters. The number of aromatic amines is 1. The SMILES string of the molecule is Cn1cnc(S(=O)(=O)NCc2ncc[nH]2)c1. The molecule has 2 rings (SSSR count). The second-order valence-corrected chi connectivity index (χ2v) is 4.95. The first-order chi connectivity index (χ1) is 7.58. The molecular formula is C8H11N5O2S. The highest BCUT2D eigenvalue weighted by atomic mass is 32.2. The highest BCUT2D eigenvalue weighted by molar-refractivity contribution is 7.89. The number of aromatic nitrogens is 4. The van der Waals surface area contributed by atoms with Gasteiger partial charge in [-0.15, -0.1) is 0 Å². The smallest absolute Gasteiger partial charge is 0.259 e. The van der Waals surface area contributed by atoms with Gasteiger partial charge in [-0.25, -0.2) is 23.1 Å². The normalized spacial score (nSPS) is 11.8. The molecule has 0 radical (unpaired) electrons. The summed E-state index contributed by atoms with van der Waals surface area (Å²) in [4.78, 5) is 10.5. The molecule has 0 spiro atoms. The molecule has 2 heterocycles. The number of H-pyrrole nitrogens is 1. The second-order valence-electron chi connectivity index (χ2n) is 3.24. The van der Waals surface area contributed by atoms with Crippen LogP contribution in [0.5, 0.6) is 0 Å². The predicted molar refractivity (Wildman–Crippen MR) is 55.8 cm³/mol. The molecule has 0 aliphatic carbocycles. The fourth-order valence-electron chi connectivity index (χ4n) is 1.16. The molecule has 0 aliphatic heterocycles. The Kier molecular flexibility index (Phi) is 2.75. The molecule has 2 aromatic heterocycles. The van der Waals surface area contributed by atoms with E-state index in [1.54, 1.807) is 24.0 Å². The van der Waals surface area contributed by atoms with Crippen molar-refractivity contribution in [3.63, 3.8) is 0 Å². The van der Waals surface area contributed by atoms with Crippen LogP contribution in [0.4, 0.5) is 0 Å². The number of imidazole rings is 2. The fourth-order valence-corrected chi connectivity index (χ4v) is 2.13. The third kappa shape index (κ3) is 2.28. The summed E-state index contributed by atoms with van der Waals surface area (Å²) >= 11 is 0. The van der Waals surface area contributed by atoms with Crippen LogP contribution in [-0.4, -0.2) is 27.9 Å². The maximum absolute atomic E-state index is 11.7. The van der Waals surface area contributed by atoms with Gasteiger partial charge in [0.1, 0.15) is 5.82 Å². The van der Waals surface area contributed by atoms with Gasteiger partial charge < -0.3 is 9.55 Å². The van der Waals surface area contributed by atoms with E-state index in [1.165, 1.54) is 12.5 Å². The molecule has 0 aliphatic rings. The standard InChI is InChI=1S/C8H11N5O2S/c1-13-5-8(11-6-13)16(14,15)12-4-7-9-2-3-10-7/h2-3,5-6,12H,4H2,1H3,(H,9,10). The van der Waals surface area contributed by atoms with Gasteiger partial charge in [0, 0.05) is 25.6 Å². The molecule has 2 aromatic rings. The molecule has 7 nitrogen and oxygen atoms in total. The van der Waals surface area contributed by atoms with Crippen LogP contribution in [-0.2, 0) is 23.6 Å². The summed E-state index contributed by atoms with van der Waals surface area (Å²) in [7, 11) is -1.85. The summed E-state index contributed by atoms with van der Waals surface area (Å²) in [5, 5.41) is 0.00144. The second kappa shape index (κ2) is 4.06. The molecule has 0 saturated heterocycles. The zero-order valence-electron chi connectivity index (χ0n) is 8.58. The Hall–Kier alpha value is -1.67. The van der Waals surface area contributed by atoms with Crippen LogP contribution >= 0.6 is 0 Å². The Labute approximate surface area is 92.6 Å². The van der Waals surface area contributed by atoms with Crippen LogP contribution in [0.25, 0.3) is 0 Å². The third-order valence-corrected chi connectivity index (χ3v) is 3.23. The molecular weight excluding hydrogens is 230 g/mol. The first-order valence-electron chi connectivity index (χ1n) is 4.54. The minimum atomic E-state index is -3.56. The summed E-state index contributed by atoms with van der Waals surface area (Å²) in [6, 6.07) is 0. The van der Waals surface area contributed by atoms with E-state index in [4.69, 9.17) is 0 Å². The Morgan fingerprint density at radius 3 is 2.88 bits per heavy atom. The van der Waals surface area contributed by atoms with Crippen LogP contribution < -0.4 is 4.72 Å². The number of nitrogens with zero attached hydrogens (tertiary/aromatic N) is 3. The highest BCUT2D eigenvalue weighted by Gasteiger charge is 2.16. The molecule has 0 amide bonds. The Morgan fingerprint density at radius 2 is 2.31 bits per heavy atom. The van der Waals surface area contributed by atoms with E-state index in [0.29, 0.717) is 5.82 Å². The van der Waals surface area contributed by atoms with Crippen LogP contribution in [0.3, 0.4) is 0 Å². The summed E-state index contributed by atoms with van der Waals surface area (Å²) in [6.07, 6.45) is 6.06. The summed E-state index contributed by atoms with van der Waals surface area (Å²) in [6.45, 7) is 0.117. The van der Waals surface area contributed by atoms with Crippen molar-refractivity contribution < 1.29 is 8.42 Å². The Bertz CT molecular complexity index is 557. The minimum absolute atomic E-state index is 0.00144. The highest BCUT2D eigenvalue weighted by Crippen LogP contribution is 2.04. The molecule has 2 N–H and O–H groups in total. The van der Waals surface area contributed by atoms with E-state index in [1.807, 2.05) is 0 Å². The Balaban J connectivity index is 2.09. The lowest BCUT2D eigenvalue weighted by Crippen LogP contribution is -2.24. The van der Waals surface area contributed by atoms with Crippen molar-refractivity contribution in [3.05, 3.63) is 30.7 Å². The lowest BCUT2D eigenvalue weighted by atomic mass is 10.6. The van der Waals surface area contributed by atoms with Crippen LogP contribution in [0.15, 0.2) is 29.9 Å². The van der Waals surface area contributed by atoms with Crippen molar-refractivity contribution >= 4 is 10.0 Å². The van der Waals surface area contributed by atoms with Crippen molar-refractivity contribution in [1.82, 2.24) is 24.2 Å². The Morgan fingerprint density at radius 1 is 1.50 bits per heavy atom. The first kappa shape index (κ1) is 10.8. The topological polar surface area (TPSA) is 92.7 Å². The van der Waals surface area contributed by atoms with E-state index >= 15 is 0 Å². The summed E-state index contributed by atoms with van der Waals surface area (Å²) in [5.41, 5.74) is 0. The van der Waals surface area contributed by atoms with E-state index in [2.05, 4.69) is 19.7 Å². The maximum atomic E-state index is 11.7. The van der Waals surface area contributed by atoms with Gasteiger partial charge in [0.15, 0.2) is 5.03 Å². The molecule has 0 aromatic carbocycles. The number of rotatable bonds is 4. The lowest BCUT2D eigenvalue weighted by Gasteiger charge is -2.01. The summed E-state index contributed by atoms with van der Waals surface area (Å²) < 4.78 is 27.4. The average molecular weight is 241 g/mol. The number of hydrogen-bond acceptors (Lipinski definition) is 4. The van der Waals surface area contributed by atoms with Crippen molar-refractivity contribution in [1.29, 1.82) is 0 Å². The van der Waals surface area contributed by atoms with Gasteiger partial charge >= 0.3 is 0 Å². The van der Waals surface area contributed by atoms with Crippen molar-refractivity contribution in [3.8, 4) is 0 Å². The monoisotopic (exact) mass is 241 g/mol. The number of hydrogen-bond donors (Lipinski definition) is 2. The molecule has 0 saturated carbocycles. The minimum Gasteiger partial charge on any atom is -0.347 e. The summed E-state index contributed by atoms with van der Waals surface area (Å²) in [5.74, 6) is 0.555. The number of aryl methyl sites for hydroxylation is 1. The van der Waals surface area contributed by atoms with E-state index < -0.39 is 10.0 Å². The van der Waals surface area contributed by atoms with Gasteiger partial charge in [0.05, 0.1) is 12.9 Å². The van der Waals surface area contributed by atoms with Crippen molar-refractivity contribution in [2.75, 3.05) is 0 Å². The van der Waals surface area contributed by atoms with E-state index in [0.717, 1.165) is 0 Å². The zero-order chi connectivity index (χ0) is 11.6. The lowest BCUT2D eigenvalue weighted by molar-refractivity contribution is 0.576. The van der Waals surface area contributed by atoms with Crippen LogP contribution in [0, 0.1) is 0 Å². The predicted octanol–water partition coefficient (Wildman–Crippen LogP) is -0.378. The van der Waals surface area contributed by atoms with Crippen molar-refractivity contribution in [2.24, 2.45) is 7.05 Å². The zero-order valence-corrected chi connectivity index (χ0v) is 9.40. The van der Waals surface area contributed by atoms with Crippen LogP contribution in [0.2, 0.25) is 0 Å². The molecule has 0 fully saturated rings. The van der Waals surface area contributed by atoms with E-state index in [-0.39, 0.29) is 11.6 Å². The largest absolute Gasteiger partial charge is 0.347 e. The quantitative estimate of drug-likeness (QED) is 0.763. The van der Waals surface area contributed by atoms with Crippen molar-refractivity contribution in [2.45, 2.75) is 11.6 Å². The molecule has 86 valence electrons.